The number of hydrogen-bond donors (Lipinski definition) is 2. The van der Waals surface area contributed by atoms with Gasteiger partial charge in [-0.3, -0.25) is 14.6 Å². The van der Waals surface area contributed by atoms with E-state index in [1.165, 1.54) is 0 Å². The molecule has 0 bridgehead atoms. The molecule has 0 saturated heterocycles. The first-order chi connectivity index (χ1) is 16.2. The topological polar surface area (TPSA) is 127 Å². The highest BCUT2D eigenvalue weighted by Crippen LogP contribution is 2.33. The predicted molar refractivity (Wildman–Crippen MR) is 121 cm³/mol. The summed E-state index contributed by atoms with van der Waals surface area (Å²) >= 11 is 0. The van der Waals surface area contributed by atoms with Crippen LogP contribution in [-0.4, -0.2) is 37.1 Å². The fraction of sp³-hybridized carbons (Fsp3) is 0.333. The van der Waals surface area contributed by atoms with Crippen LogP contribution in [0.3, 0.4) is 0 Å². The number of benzene rings is 1. The van der Waals surface area contributed by atoms with E-state index in [0.29, 0.717) is 40.6 Å². The van der Waals surface area contributed by atoms with Crippen LogP contribution in [0.2, 0.25) is 0 Å². The Kier molecular flexibility index (Phi) is 5.93. The number of carbonyl (C=O) groups is 1. The van der Waals surface area contributed by atoms with Crippen molar-refractivity contribution in [3.63, 3.8) is 0 Å². The van der Waals surface area contributed by atoms with Gasteiger partial charge in [0.25, 0.3) is 11.4 Å². The summed E-state index contributed by atoms with van der Waals surface area (Å²) < 4.78 is 5.85. The van der Waals surface area contributed by atoms with E-state index in [1.54, 1.807) is 24.4 Å². The second-order valence-corrected chi connectivity index (χ2v) is 8.31. The fourth-order valence-electron chi connectivity index (χ4n) is 4.26. The molecule has 5 rings (SSSR count). The molecule has 1 aliphatic carbocycles. The maximum atomic E-state index is 12.5. The van der Waals surface area contributed by atoms with Gasteiger partial charge in [-0.2, -0.15) is 0 Å². The van der Waals surface area contributed by atoms with Crippen molar-refractivity contribution in [2.75, 3.05) is 0 Å². The summed E-state index contributed by atoms with van der Waals surface area (Å²) in [5, 5.41) is 12.0. The molecule has 33 heavy (non-hydrogen) atoms. The minimum atomic E-state index is -0.179. The Hall–Kier alpha value is -3.88. The lowest BCUT2D eigenvalue weighted by molar-refractivity contribution is -0.122. The number of aromatic nitrogens is 5. The molecule has 1 saturated carbocycles. The van der Waals surface area contributed by atoms with Crippen LogP contribution in [0.1, 0.15) is 49.7 Å². The number of H-pyrrole nitrogens is 1. The van der Waals surface area contributed by atoms with E-state index < -0.39 is 0 Å². The van der Waals surface area contributed by atoms with Crippen molar-refractivity contribution < 1.29 is 9.21 Å². The van der Waals surface area contributed by atoms with E-state index >= 15 is 0 Å². The summed E-state index contributed by atoms with van der Waals surface area (Å²) in [5.41, 5.74) is 1.13. The number of aryl methyl sites for hydroxylation is 1. The van der Waals surface area contributed by atoms with E-state index in [-0.39, 0.29) is 29.8 Å². The molecule has 9 heteroatoms. The van der Waals surface area contributed by atoms with Crippen LogP contribution in [0.15, 0.2) is 57.9 Å². The van der Waals surface area contributed by atoms with E-state index in [1.807, 2.05) is 24.3 Å². The Morgan fingerprint density at radius 3 is 2.70 bits per heavy atom. The number of para-hydroxylation sites is 1. The van der Waals surface area contributed by atoms with Crippen molar-refractivity contribution in [1.29, 1.82) is 0 Å². The van der Waals surface area contributed by atoms with Crippen molar-refractivity contribution in [2.24, 2.45) is 0 Å². The summed E-state index contributed by atoms with van der Waals surface area (Å²) in [6, 6.07) is 12.9. The molecule has 0 unspecified atom stereocenters. The molecule has 2 N–H and O–H groups in total. The normalized spacial score (nSPS) is 18.3. The summed E-state index contributed by atoms with van der Waals surface area (Å²) in [5.74, 6) is 1.74. The summed E-state index contributed by atoms with van der Waals surface area (Å²) in [6.07, 6.45) is 5.80. The largest absolute Gasteiger partial charge is 0.419 e. The minimum Gasteiger partial charge on any atom is -0.419 e. The van der Waals surface area contributed by atoms with E-state index in [9.17, 15) is 9.59 Å². The molecule has 0 atom stereocenters. The minimum absolute atomic E-state index is 0.0375. The van der Waals surface area contributed by atoms with E-state index in [4.69, 9.17) is 4.42 Å². The number of nitrogens with zero attached hydrogens (tertiary/aromatic N) is 4. The molecule has 1 aliphatic rings. The Labute approximate surface area is 189 Å². The first-order valence-electron chi connectivity index (χ1n) is 11.2. The van der Waals surface area contributed by atoms with Gasteiger partial charge in [-0.15, -0.1) is 10.2 Å². The lowest BCUT2D eigenvalue weighted by atomic mass is 9.86. The number of carbonyl (C=O) groups excluding carboxylic acids is 1. The third kappa shape index (κ3) is 4.82. The highest BCUT2D eigenvalue weighted by molar-refractivity contribution is 5.78. The van der Waals surface area contributed by atoms with Crippen molar-refractivity contribution >= 4 is 16.8 Å². The zero-order chi connectivity index (χ0) is 22.6. The number of rotatable bonds is 6. The zero-order valence-electron chi connectivity index (χ0n) is 18.0. The molecule has 3 heterocycles. The van der Waals surface area contributed by atoms with Crippen molar-refractivity contribution in [3.05, 3.63) is 70.7 Å². The van der Waals surface area contributed by atoms with Gasteiger partial charge >= 0.3 is 0 Å². The van der Waals surface area contributed by atoms with Crippen LogP contribution in [0.25, 0.3) is 22.5 Å². The third-order valence-electron chi connectivity index (χ3n) is 6.02. The van der Waals surface area contributed by atoms with Gasteiger partial charge in [-0.05, 0) is 49.9 Å². The van der Waals surface area contributed by atoms with Crippen molar-refractivity contribution in [3.8, 4) is 11.6 Å². The summed E-state index contributed by atoms with van der Waals surface area (Å²) in [6.45, 7) is 0. The zero-order valence-corrected chi connectivity index (χ0v) is 18.0. The molecule has 0 aliphatic heterocycles. The average molecular weight is 444 g/mol. The van der Waals surface area contributed by atoms with Crippen LogP contribution >= 0.6 is 0 Å². The van der Waals surface area contributed by atoms with Gasteiger partial charge in [0.2, 0.25) is 11.8 Å². The average Bonchev–Trinajstić information content (AvgIpc) is 3.34. The van der Waals surface area contributed by atoms with E-state index in [0.717, 1.165) is 25.7 Å². The standard InChI is InChI=1S/C24H24N6O3/c31-21(13-12-20-27-18-6-2-1-5-17(18)22(32)28-20)26-16-10-8-15(9-11-16)23-29-30-24(33-23)19-7-3-4-14-25-19/h1-7,14-16H,8-13H2,(H,26,31)(H,27,28,32)/t15-,16-. The van der Waals surface area contributed by atoms with Gasteiger partial charge in [-0.25, -0.2) is 4.98 Å². The van der Waals surface area contributed by atoms with Crippen LogP contribution in [0.4, 0.5) is 0 Å². The number of amides is 1. The van der Waals surface area contributed by atoms with Crippen LogP contribution in [0, 0.1) is 0 Å². The molecule has 9 nitrogen and oxygen atoms in total. The summed E-state index contributed by atoms with van der Waals surface area (Å²) in [7, 11) is 0. The lowest BCUT2D eigenvalue weighted by Crippen LogP contribution is -2.37. The van der Waals surface area contributed by atoms with E-state index in [2.05, 4.69) is 30.5 Å². The highest BCUT2D eigenvalue weighted by atomic mass is 16.4. The molecule has 1 fully saturated rings. The monoisotopic (exact) mass is 444 g/mol. The maximum absolute atomic E-state index is 12.5. The van der Waals surface area contributed by atoms with Crippen molar-refractivity contribution in [1.82, 2.24) is 30.5 Å². The fourth-order valence-corrected chi connectivity index (χ4v) is 4.26. The van der Waals surface area contributed by atoms with Gasteiger partial charge in [0.05, 0.1) is 10.9 Å². The smallest absolute Gasteiger partial charge is 0.266 e. The number of hydrogen-bond acceptors (Lipinski definition) is 7. The Morgan fingerprint density at radius 1 is 1.06 bits per heavy atom. The van der Waals surface area contributed by atoms with Gasteiger partial charge in [-0.1, -0.05) is 18.2 Å². The molecule has 0 spiro atoms. The molecule has 1 aromatic carbocycles. The number of nitrogens with one attached hydrogen (secondary N) is 2. The molecular formula is C24H24N6O3. The molecule has 0 radical (unpaired) electrons. The molecular weight excluding hydrogens is 420 g/mol. The lowest BCUT2D eigenvalue weighted by Gasteiger charge is -2.27. The van der Waals surface area contributed by atoms with Crippen molar-refractivity contribution in [2.45, 2.75) is 50.5 Å². The Bertz CT molecular complexity index is 1310. The molecule has 1 amide bonds. The van der Waals surface area contributed by atoms with Gasteiger partial charge < -0.3 is 14.7 Å². The molecule has 4 aromatic rings. The third-order valence-corrected chi connectivity index (χ3v) is 6.02. The van der Waals surface area contributed by atoms with Gasteiger partial charge in [0.15, 0.2) is 0 Å². The number of fused-ring (bicyclic) bond motifs is 1. The quantitative estimate of drug-likeness (QED) is 0.468. The number of pyridine rings is 1. The van der Waals surface area contributed by atoms with Gasteiger partial charge in [0, 0.05) is 31.0 Å². The highest BCUT2D eigenvalue weighted by Gasteiger charge is 2.27. The SMILES string of the molecule is O=C(CCc1nc2ccccc2c(=O)[nH]1)N[C@H]1CC[C@H](c2nnc(-c3ccccn3)o2)CC1. The van der Waals surface area contributed by atoms with Crippen LogP contribution < -0.4 is 10.9 Å². The Balaban J connectivity index is 1.11. The second-order valence-electron chi connectivity index (χ2n) is 8.31. The first kappa shape index (κ1) is 21.0. The van der Waals surface area contributed by atoms with Gasteiger partial charge in [0.1, 0.15) is 11.5 Å². The second kappa shape index (κ2) is 9.32. The Morgan fingerprint density at radius 2 is 1.88 bits per heavy atom. The molecule has 3 aromatic heterocycles. The first-order valence-corrected chi connectivity index (χ1v) is 11.2. The summed E-state index contributed by atoms with van der Waals surface area (Å²) in [4.78, 5) is 36.1. The predicted octanol–water partition coefficient (Wildman–Crippen LogP) is 3.14. The van der Waals surface area contributed by atoms with Crippen LogP contribution in [-0.2, 0) is 11.2 Å². The number of aromatic amines is 1. The maximum Gasteiger partial charge on any atom is 0.266 e. The van der Waals surface area contributed by atoms with Crippen LogP contribution in [0.5, 0.6) is 0 Å². The molecule has 168 valence electrons.